The van der Waals surface area contributed by atoms with Crippen LogP contribution in [0.4, 0.5) is 5.69 Å². The maximum absolute atomic E-state index is 12.6. The Kier molecular flexibility index (Phi) is 7.80. The largest absolute Gasteiger partial charge is 0.493 e. The number of furan rings is 1. The van der Waals surface area contributed by atoms with Gasteiger partial charge in [-0.15, -0.1) is 0 Å². The average Bonchev–Trinajstić information content (AvgIpc) is 3.14. The maximum Gasteiger partial charge on any atom is 0.291 e. The summed E-state index contributed by atoms with van der Waals surface area (Å²) in [5, 5.41) is 5.59. The number of amides is 2. The number of carbonyl (C=O) groups is 2. The highest BCUT2D eigenvalue weighted by Crippen LogP contribution is 2.37. The Balaban J connectivity index is 2.30. The highest BCUT2D eigenvalue weighted by Gasteiger charge is 2.20. The topological polar surface area (TPSA) is 89.8 Å². The third kappa shape index (κ3) is 5.45. The quantitative estimate of drug-likeness (QED) is 0.658. The van der Waals surface area contributed by atoms with Gasteiger partial charge in [-0.25, -0.2) is 0 Å². The van der Waals surface area contributed by atoms with E-state index in [4.69, 9.17) is 13.9 Å². The van der Waals surface area contributed by atoms with Crippen molar-refractivity contribution in [2.45, 2.75) is 19.6 Å². The molecule has 0 unspecified atom stereocenters. The number of hydrogen-bond acceptors (Lipinski definition) is 6. The van der Waals surface area contributed by atoms with Crippen molar-refractivity contribution < 1.29 is 23.5 Å². The molecule has 152 valence electrons. The molecule has 0 bridgehead atoms. The first kappa shape index (κ1) is 21.7. The second kappa shape index (κ2) is 10.1. The van der Waals surface area contributed by atoms with Gasteiger partial charge in [-0.2, -0.15) is 11.8 Å². The molecule has 0 radical (unpaired) electrons. The van der Waals surface area contributed by atoms with E-state index in [2.05, 4.69) is 10.6 Å². The van der Waals surface area contributed by atoms with Crippen LogP contribution in [0.2, 0.25) is 0 Å². The van der Waals surface area contributed by atoms with Crippen molar-refractivity contribution in [3.8, 4) is 11.5 Å². The van der Waals surface area contributed by atoms with Gasteiger partial charge >= 0.3 is 0 Å². The summed E-state index contributed by atoms with van der Waals surface area (Å²) in [6.07, 6.45) is 1.95. The second-order valence-corrected chi connectivity index (χ2v) is 7.38. The van der Waals surface area contributed by atoms with E-state index in [1.54, 1.807) is 36.0 Å². The van der Waals surface area contributed by atoms with Crippen LogP contribution in [0.1, 0.15) is 40.5 Å². The van der Waals surface area contributed by atoms with Crippen molar-refractivity contribution in [2.75, 3.05) is 32.3 Å². The molecule has 1 aromatic heterocycles. The van der Waals surface area contributed by atoms with E-state index in [1.165, 1.54) is 14.2 Å². The molecule has 0 aliphatic rings. The minimum absolute atomic E-state index is 0.180. The summed E-state index contributed by atoms with van der Waals surface area (Å²) in [5.74, 6) is 1.86. The van der Waals surface area contributed by atoms with Crippen molar-refractivity contribution in [3.05, 3.63) is 41.3 Å². The van der Waals surface area contributed by atoms with Gasteiger partial charge in [0.1, 0.15) is 5.76 Å². The predicted molar refractivity (Wildman–Crippen MR) is 111 cm³/mol. The number of carbonyl (C=O) groups excluding carboxylic acids is 2. The summed E-state index contributed by atoms with van der Waals surface area (Å²) in [5.41, 5.74) is 0.681. The molecule has 0 aliphatic carbocycles. The molecule has 2 N–H and O–H groups in total. The van der Waals surface area contributed by atoms with Crippen LogP contribution in [0.5, 0.6) is 11.5 Å². The van der Waals surface area contributed by atoms with E-state index >= 15 is 0 Å². The van der Waals surface area contributed by atoms with Gasteiger partial charge in [0.2, 0.25) is 0 Å². The maximum atomic E-state index is 12.6. The van der Waals surface area contributed by atoms with Crippen molar-refractivity contribution in [2.24, 2.45) is 5.92 Å². The van der Waals surface area contributed by atoms with Crippen molar-refractivity contribution in [1.82, 2.24) is 5.32 Å². The van der Waals surface area contributed by atoms with Crippen LogP contribution in [-0.4, -0.2) is 38.8 Å². The van der Waals surface area contributed by atoms with Gasteiger partial charge < -0.3 is 24.5 Å². The SMILES string of the molecule is COc1cc(C(=O)NCC(C)C)cc(NC(=O)c2ccc(CSC)o2)c1OC. The second-order valence-electron chi connectivity index (χ2n) is 6.52. The van der Waals surface area contributed by atoms with E-state index in [0.29, 0.717) is 46.7 Å². The summed E-state index contributed by atoms with van der Waals surface area (Å²) in [6.45, 7) is 4.56. The van der Waals surface area contributed by atoms with Crippen molar-refractivity contribution >= 4 is 29.3 Å². The number of nitrogens with one attached hydrogen (secondary N) is 2. The molecule has 0 saturated heterocycles. The fraction of sp³-hybridized carbons (Fsp3) is 0.400. The summed E-state index contributed by atoms with van der Waals surface area (Å²) in [4.78, 5) is 25.0. The number of thioether (sulfide) groups is 1. The van der Waals surface area contributed by atoms with Gasteiger partial charge in [-0.1, -0.05) is 13.8 Å². The highest BCUT2D eigenvalue weighted by atomic mass is 32.2. The third-order valence-electron chi connectivity index (χ3n) is 3.83. The summed E-state index contributed by atoms with van der Waals surface area (Å²) < 4.78 is 16.3. The van der Waals surface area contributed by atoms with Gasteiger partial charge in [0.15, 0.2) is 17.3 Å². The molecule has 2 amide bonds. The molecular weight excluding hydrogens is 380 g/mol. The van der Waals surface area contributed by atoms with Crippen LogP contribution in [-0.2, 0) is 5.75 Å². The van der Waals surface area contributed by atoms with Gasteiger partial charge in [0, 0.05) is 12.1 Å². The van der Waals surface area contributed by atoms with Gasteiger partial charge in [0.25, 0.3) is 11.8 Å². The number of methoxy groups -OCH3 is 2. The minimum Gasteiger partial charge on any atom is -0.493 e. The number of hydrogen-bond donors (Lipinski definition) is 2. The van der Waals surface area contributed by atoms with Crippen LogP contribution in [0, 0.1) is 5.92 Å². The van der Waals surface area contributed by atoms with Gasteiger partial charge in [-0.05, 0) is 36.4 Å². The molecule has 0 atom stereocenters. The number of ether oxygens (including phenoxy) is 2. The van der Waals surface area contributed by atoms with Crippen LogP contribution in [0.3, 0.4) is 0 Å². The van der Waals surface area contributed by atoms with Crippen molar-refractivity contribution in [1.29, 1.82) is 0 Å². The molecule has 2 rings (SSSR count). The lowest BCUT2D eigenvalue weighted by Gasteiger charge is -2.16. The molecule has 0 saturated carbocycles. The Morgan fingerprint density at radius 3 is 2.50 bits per heavy atom. The van der Waals surface area contributed by atoms with E-state index in [0.717, 1.165) is 0 Å². The first-order valence-electron chi connectivity index (χ1n) is 8.82. The van der Waals surface area contributed by atoms with Crippen LogP contribution >= 0.6 is 11.8 Å². The van der Waals surface area contributed by atoms with E-state index in [-0.39, 0.29) is 11.7 Å². The molecule has 1 heterocycles. The number of anilines is 1. The highest BCUT2D eigenvalue weighted by molar-refractivity contribution is 7.97. The molecule has 0 aliphatic heterocycles. The number of rotatable bonds is 9. The monoisotopic (exact) mass is 406 g/mol. The summed E-state index contributed by atoms with van der Waals surface area (Å²) in [6, 6.07) is 6.51. The zero-order valence-electron chi connectivity index (χ0n) is 16.8. The number of benzene rings is 1. The van der Waals surface area contributed by atoms with Crippen molar-refractivity contribution in [3.63, 3.8) is 0 Å². The molecule has 7 nitrogen and oxygen atoms in total. The molecule has 28 heavy (non-hydrogen) atoms. The summed E-state index contributed by atoms with van der Waals surface area (Å²) in [7, 11) is 2.94. The van der Waals surface area contributed by atoms with Gasteiger partial charge in [-0.3, -0.25) is 9.59 Å². The molecule has 8 heteroatoms. The molecule has 2 aromatic rings. The standard InChI is InChI=1S/C20H26N2O5S/c1-12(2)10-21-19(23)13-8-15(18(26-4)17(9-13)25-3)22-20(24)16-7-6-14(27-16)11-28-5/h6-9,12H,10-11H2,1-5H3,(H,21,23)(H,22,24). The first-order chi connectivity index (χ1) is 13.4. The Morgan fingerprint density at radius 2 is 1.89 bits per heavy atom. The lowest BCUT2D eigenvalue weighted by Crippen LogP contribution is -2.27. The first-order valence-corrected chi connectivity index (χ1v) is 10.2. The summed E-state index contributed by atoms with van der Waals surface area (Å²) >= 11 is 1.60. The lowest BCUT2D eigenvalue weighted by atomic mass is 10.1. The molecular formula is C20H26N2O5S. The van der Waals surface area contributed by atoms with Crippen LogP contribution < -0.4 is 20.1 Å². The zero-order valence-corrected chi connectivity index (χ0v) is 17.6. The van der Waals surface area contributed by atoms with E-state index in [9.17, 15) is 9.59 Å². The van der Waals surface area contributed by atoms with Crippen LogP contribution in [0.25, 0.3) is 0 Å². The third-order valence-corrected chi connectivity index (χ3v) is 4.41. The normalized spacial score (nSPS) is 10.6. The minimum atomic E-state index is -0.438. The fourth-order valence-electron chi connectivity index (χ4n) is 2.49. The van der Waals surface area contributed by atoms with Gasteiger partial charge in [0.05, 0.1) is 25.7 Å². The Bertz CT molecular complexity index is 832. The Hall–Kier alpha value is -2.61. The molecule has 0 spiro atoms. The zero-order chi connectivity index (χ0) is 20.7. The Labute approximate surface area is 169 Å². The smallest absolute Gasteiger partial charge is 0.291 e. The predicted octanol–water partition coefficient (Wildman–Crippen LogP) is 3.80. The lowest BCUT2D eigenvalue weighted by molar-refractivity contribution is 0.0946. The fourth-order valence-corrected chi connectivity index (χ4v) is 2.93. The average molecular weight is 407 g/mol. The Morgan fingerprint density at radius 1 is 1.14 bits per heavy atom. The molecule has 0 fully saturated rings. The van der Waals surface area contributed by atoms with Crippen LogP contribution in [0.15, 0.2) is 28.7 Å². The van der Waals surface area contributed by atoms with E-state index in [1.807, 2.05) is 20.1 Å². The molecule has 1 aromatic carbocycles. The van der Waals surface area contributed by atoms with E-state index < -0.39 is 5.91 Å².